The van der Waals surface area contributed by atoms with Crippen LogP contribution in [0.4, 0.5) is 16.2 Å². The lowest BCUT2D eigenvalue weighted by Gasteiger charge is -2.44. The topological polar surface area (TPSA) is 96.7 Å². The van der Waals surface area contributed by atoms with Gasteiger partial charge in [-0.3, -0.25) is 4.98 Å². The van der Waals surface area contributed by atoms with Gasteiger partial charge in [-0.2, -0.15) is 5.26 Å². The Morgan fingerprint density at radius 2 is 2.00 bits per heavy atom. The minimum atomic E-state index is -0.164. The summed E-state index contributed by atoms with van der Waals surface area (Å²) in [6, 6.07) is 10.6. The molecule has 1 saturated heterocycles. The van der Waals surface area contributed by atoms with Crippen molar-refractivity contribution in [2.24, 2.45) is 10.9 Å². The van der Waals surface area contributed by atoms with Gasteiger partial charge in [0.15, 0.2) is 0 Å². The predicted octanol–water partition coefficient (Wildman–Crippen LogP) is 4.17. The second-order valence-corrected chi connectivity index (χ2v) is 8.12. The molecule has 1 unspecified atom stereocenters. The molecule has 1 fully saturated rings. The number of aromatic nitrogens is 1. The van der Waals surface area contributed by atoms with Crippen molar-refractivity contribution in [2.75, 3.05) is 30.3 Å². The third kappa shape index (κ3) is 5.64. The van der Waals surface area contributed by atoms with Crippen LogP contribution in [0.5, 0.6) is 0 Å². The van der Waals surface area contributed by atoms with Crippen molar-refractivity contribution in [3.05, 3.63) is 53.3 Å². The first-order valence-electron chi connectivity index (χ1n) is 10.1. The number of amides is 2. The van der Waals surface area contributed by atoms with Crippen molar-refractivity contribution in [2.45, 2.75) is 26.8 Å². The molecule has 8 nitrogen and oxygen atoms in total. The molecule has 0 bridgehead atoms. The molecule has 9 heteroatoms. The van der Waals surface area contributed by atoms with Crippen LogP contribution in [0.15, 0.2) is 47.6 Å². The van der Waals surface area contributed by atoms with Crippen LogP contribution in [0.3, 0.4) is 0 Å². The maximum atomic E-state index is 12.8. The lowest BCUT2D eigenvalue weighted by Crippen LogP contribution is -2.60. The Labute approximate surface area is 187 Å². The Morgan fingerprint density at radius 3 is 2.65 bits per heavy atom. The maximum Gasteiger partial charge on any atom is 0.321 e. The van der Waals surface area contributed by atoms with Crippen LogP contribution >= 0.6 is 11.6 Å². The average Bonchev–Trinajstić information content (AvgIpc) is 2.76. The molecule has 0 spiro atoms. The quantitative estimate of drug-likeness (QED) is 0.425. The number of pyridine rings is 1. The molecule has 3 rings (SSSR count). The third-order valence-electron chi connectivity index (χ3n) is 5.25. The van der Waals surface area contributed by atoms with Crippen LogP contribution < -0.4 is 10.6 Å². The van der Waals surface area contributed by atoms with E-state index in [0.717, 1.165) is 11.4 Å². The number of anilines is 2. The summed E-state index contributed by atoms with van der Waals surface area (Å²) in [5.74, 6) is 0.696. The van der Waals surface area contributed by atoms with Crippen LogP contribution in [-0.4, -0.2) is 52.5 Å². The first-order valence-corrected chi connectivity index (χ1v) is 10.5. The van der Waals surface area contributed by atoms with Crippen LogP contribution in [-0.2, 0) is 0 Å². The SMILES string of the molecule is Cc1ncccc1N/C(=N/C#N)N1CCN(C(=O)Nc2ccc(Cl)cc2)CC1C(C)C. The number of carbonyl (C=O) groups is 1. The summed E-state index contributed by atoms with van der Waals surface area (Å²) in [7, 11) is 0. The molecule has 2 N–H and O–H groups in total. The fraction of sp³-hybridized carbons (Fsp3) is 0.364. The average molecular weight is 440 g/mol. The van der Waals surface area contributed by atoms with Gasteiger partial charge in [-0.1, -0.05) is 25.4 Å². The Balaban J connectivity index is 1.74. The summed E-state index contributed by atoms with van der Waals surface area (Å²) in [5.41, 5.74) is 2.30. The Bertz CT molecular complexity index is 984. The normalized spacial score (nSPS) is 16.8. The number of guanidine groups is 1. The number of halogens is 1. The number of aryl methyl sites for hydroxylation is 1. The molecule has 1 aliphatic heterocycles. The van der Waals surface area contributed by atoms with Crippen LogP contribution in [0.1, 0.15) is 19.5 Å². The lowest BCUT2D eigenvalue weighted by atomic mass is 10.00. The van der Waals surface area contributed by atoms with Gasteiger partial charge in [-0.15, -0.1) is 4.99 Å². The molecule has 0 radical (unpaired) electrons. The fourth-order valence-electron chi connectivity index (χ4n) is 3.51. The minimum absolute atomic E-state index is 0.0127. The number of urea groups is 1. The van der Waals surface area contributed by atoms with E-state index in [4.69, 9.17) is 11.6 Å². The van der Waals surface area contributed by atoms with Gasteiger partial charge in [0, 0.05) is 36.5 Å². The highest BCUT2D eigenvalue weighted by Gasteiger charge is 2.33. The summed E-state index contributed by atoms with van der Waals surface area (Å²) in [5, 5.41) is 16.0. The molecular weight excluding hydrogens is 414 g/mol. The highest BCUT2D eigenvalue weighted by molar-refractivity contribution is 6.30. The fourth-order valence-corrected chi connectivity index (χ4v) is 3.64. The Hall–Kier alpha value is -3.31. The van der Waals surface area contributed by atoms with E-state index in [1.54, 1.807) is 35.4 Å². The molecule has 0 aliphatic carbocycles. The molecule has 1 aliphatic rings. The number of piperazine rings is 1. The number of aliphatic imine (C=N–C) groups is 1. The number of carbonyl (C=O) groups excluding carboxylic acids is 1. The predicted molar refractivity (Wildman–Crippen MR) is 123 cm³/mol. The van der Waals surface area contributed by atoms with Crippen LogP contribution in [0.25, 0.3) is 0 Å². The minimum Gasteiger partial charge on any atom is -0.335 e. The van der Waals surface area contributed by atoms with Crippen molar-refractivity contribution in [1.82, 2.24) is 14.8 Å². The zero-order valence-corrected chi connectivity index (χ0v) is 18.6. The second kappa shape index (κ2) is 10.1. The van der Waals surface area contributed by atoms with Gasteiger partial charge in [-0.25, -0.2) is 4.79 Å². The van der Waals surface area contributed by atoms with E-state index in [-0.39, 0.29) is 18.0 Å². The summed E-state index contributed by atoms with van der Waals surface area (Å²) in [6.45, 7) is 7.64. The lowest BCUT2D eigenvalue weighted by molar-refractivity contribution is 0.120. The molecule has 2 aromatic rings. The number of rotatable bonds is 3. The summed E-state index contributed by atoms with van der Waals surface area (Å²) in [4.78, 5) is 25.0. The van der Waals surface area contributed by atoms with Crippen LogP contribution in [0, 0.1) is 24.3 Å². The van der Waals surface area contributed by atoms with Gasteiger partial charge in [0.05, 0.1) is 17.4 Å². The second-order valence-electron chi connectivity index (χ2n) is 7.68. The number of nitrogens with one attached hydrogen (secondary N) is 2. The summed E-state index contributed by atoms with van der Waals surface area (Å²) < 4.78 is 0. The van der Waals surface area contributed by atoms with Crippen molar-refractivity contribution in [3.63, 3.8) is 0 Å². The van der Waals surface area contributed by atoms with Crippen LogP contribution in [0.2, 0.25) is 5.02 Å². The van der Waals surface area contributed by atoms with Crippen molar-refractivity contribution >= 4 is 35.0 Å². The number of hydrogen-bond donors (Lipinski definition) is 2. The molecule has 162 valence electrons. The summed E-state index contributed by atoms with van der Waals surface area (Å²) in [6.07, 6.45) is 3.61. The molecule has 1 atom stereocenters. The van der Waals surface area contributed by atoms with Gasteiger partial charge in [-0.05, 0) is 49.2 Å². The molecule has 1 aromatic carbocycles. The first kappa shape index (κ1) is 22.4. The van der Waals surface area contributed by atoms with Crippen molar-refractivity contribution in [3.8, 4) is 6.19 Å². The van der Waals surface area contributed by atoms with E-state index in [1.165, 1.54) is 0 Å². The standard InChI is InChI=1S/C22H26ClN7O/c1-15(2)20-13-29(22(31)27-18-8-6-17(23)7-9-18)11-12-30(20)21(26-14-24)28-19-5-4-10-25-16(19)3/h4-10,15,20H,11-13H2,1-3H3,(H,26,28)(H,27,31). The highest BCUT2D eigenvalue weighted by Crippen LogP contribution is 2.21. The van der Waals surface area contributed by atoms with E-state index in [0.29, 0.717) is 36.3 Å². The van der Waals surface area contributed by atoms with Crippen molar-refractivity contribution < 1.29 is 4.79 Å². The number of nitriles is 1. The van der Waals surface area contributed by atoms with Gasteiger partial charge in [0.2, 0.25) is 12.2 Å². The van der Waals surface area contributed by atoms with Crippen molar-refractivity contribution in [1.29, 1.82) is 5.26 Å². The zero-order valence-electron chi connectivity index (χ0n) is 17.8. The smallest absolute Gasteiger partial charge is 0.321 e. The number of nitrogens with zero attached hydrogens (tertiary/aromatic N) is 5. The van der Waals surface area contributed by atoms with Gasteiger partial charge in [0.1, 0.15) is 0 Å². The van der Waals surface area contributed by atoms with E-state index >= 15 is 0 Å². The van der Waals surface area contributed by atoms with Gasteiger partial charge >= 0.3 is 6.03 Å². The maximum absolute atomic E-state index is 12.8. The molecule has 0 saturated carbocycles. The largest absolute Gasteiger partial charge is 0.335 e. The monoisotopic (exact) mass is 439 g/mol. The molecule has 2 amide bonds. The zero-order chi connectivity index (χ0) is 22.4. The molecule has 31 heavy (non-hydrogen) atoms. The van der Waals surface area contributed by atoms with E-state index in [1.807, 2.05) is 25.2 Å². The number of benzene rings is 1. The molecule has 1 aromatic heterocycles. The Morgan fingerprint density at radius 1 is 1.26 bits per heavy atom. The first-order chi connectivity index (χ1) is 14.9. The summed E-state index contributed by atoms with van der Waals surface area (Å²) >= 11 is 5.92. The van der Waals surface area contributed by atoms with E-state index in [9.17, 15) is 10.1 Å². The van der Waals surface area contributed by atoms with E-state index in [2.05, 4.69) is 39.4 Å². The molecular formula is C22H26ClN7O. The highest BCUT2D eigenvalue weighted by atomic mass is 35.5. The molecule has 2 heterocycles. The third-order valence-corrected chi connectivity index (χ3v) is 5.50. The van der Waals surface area contributed by atoms with Gasteiger partial charge < -0.3 is 20.4 Å². The van der Waals surface area contributed by atoms with E-state index < -0.39 is 0 Å². The van der Waals surface area contributed by atoms with Gasteiger partial charge in [0.25, 0.3) is 0 Å². The Kier molecular flexibility index (Phi) is 7.32. The number of hydrogen-bond acceptors (Lipinski definition) is 4.